The van der Waals surface area contributed by atoms with Gasteiger partial charge in [0.2, 0.25) is 15.9 Å². The zero-order valence-electron chi connectivity index (χ0n) is 14.8. The second kappa shape index (κ2) is 8.12. The molecule has 24 heavy (non-hydrogen) atoms. The molecule has 1 N–H and O–H groups in total. The van der Waals surface area contributed by atoms with Crippen LogP contribution in [0, 0.1) is 12.8 Å². The molecule has 1 fully saturated rings. The van der Waals surface area contributed by atoms with Crippen molar-refractivity contribution in [1.29, 1.82) is 0 Å². The van der Waals surface area contributed by atoms with Crippen LogP contribution in [0.1, 0.15) is 50.3 Å². The molecule has 5 nitrogen and oxygen atoms in total. The van der Waals surface area contributed by atoms with Crippen LogP contribution in [0.5, 0.6) is 0 Å². The maximum Gasteiger partial charge on any atom is 0.224 e. The number of sulfonamides is 1. The molecule has 1 aromatic carbocycles. The van der Waals surface area contributed by atoms with Crippen molar-refractivity contribution in [3.63, 3.8) is 0 Å². The standard InChI is InChI=1S/C18H28N2O3S/c1-4-17(15-10-8-14(3)9-11-15)19-18(21)16-7-6-12-20(13-16)24(22,23)5-2/h8-11,16-17H,4-7,12-13H2,1-3H3,(H,19,21)/t16-,17-/m1/s1. The first-order valence-electron chi connectivity index (χ1n) is 8.72. The van der Waals surface area contributed by atoms with Crippen LogP contribution in [0.4, 0.5) is 0 Å². The van der Waals surface area contributed by atoms with E-state index in [1.165, 1.54) is 9.87 Å². The SMILES string of the molecule is CC[C@@H](NC(=O)[C@@H]1CCCN(S(=O)(=O)CC)C1)c1ccc(C)cc1. The maximum absolute atomic E-state index is 12.6. The summed E-state index contributed by atoms with van der Waals surface area (Å²) in [6.45, 7) is 6.54. The number of aryl methyl sites for hydroxylation is 1. The van der Waals surface area contributed by atoms with Crippen molar-refractivity contribution in [1.82, 2.24) is 9.62 Å². The molecule has 1 amide bonds. The summed E-state index contributed by atoms with van der Waals surface area (Å²) in [5.74, 6) is -0.222. The molecule has 0 saturated carbocycles. The molecule has 0 unspecified atom stereocenters. The fourth-order valence-electron chi connectivity index (χ4n) is 3.10. The second-order valence-electron chi connectivity index (χ2n) is 6.48. The van der Waals surface area contributed by atoms with Gasteiger partial charge in [0.15, 0.2) is 0 Å². The van der Waals surface area contributed by atoms with E-state index in [9.17, 15) is 13.2 Å². The molecule has 0 radical (unpaired) electrons. The van der Waals surface area contributed by atoms with Gasteiger partial charge in [0.1, 0.15) is 0 Å². The average molecular weight is 353 g/mol. The predicted molar refractivity (Wildman–Crippen MR) is 96.1 cm³/mol. The lowest BCUT2D eigenvalue weighted by molar-refractivity contribution is -0.126. The Morgan fingerprint density at radius 2 is 1.96 bits per heavy atom. The Bertz CT molecular complexity index is 655. The van der Waals surface area contributed by atoms with Crippen LogP contribution in [-0.2, 0) is 14.8 Å². The molecule has 6 heteroatoms. The Labute approximate surface area is 145 Å². The van der Waals surface area contributed by atoms with Gasteiger partial charge in [-0.25, -0.2) is 12.7 Å². The lowest BCUT2D eigenvalue weighted by Crippen LogP contribution is -2.46. The number of piperidine rings is 1. The normalized spacial score (nSPS) is 20.5. The largest absolute Gasteiger partial charge is 0.349 e. The van der Waals surface area contributed by atoms with Gasteiger partial charge in [-0.1, -0.05) is 36.8 Å². The molecule has 1 aliphatic rings. The first-order valence-corrected chi connectivity index (χ1v) is 10.3. The monoisotopic (exact) mass is 352 g/mol. The molecule has 2 rings (SSSR count). The quantitative estimate of drug-likeness (QED) is 0.856. The highest BCUT2D eigenvalue weighted by atomic mass is 32.2. The van der Waals surface area contributed by atoms with Crippen molar-refractivity contribution in [2.45, 2.75) is 46.1 Å². The van der Waals surface area contributed by atoms with Crippen LogP contribution in [0.25, 0.3) is 0 Å². The summed E-state index contributed by atoms with van der Waals surface area (Å²) in [5.41, 5.74) is 2.28. The van der Waals surface area contributed by atoms with Gasteiger partial charge in [0.05, 0.1) is 17.7 Å². The Kier molecular flexibility index (Phi) is 6.40. The van der Waals surface area contributed by atoms with E-state index in [1.54, 1.807) is 6.92 Å². The molecule has 0 bridgehead atoms. The van der Waals surface area contributed by atoms with E-state index in [0.29, 0.717) is 13.1 Å². The molecule has 1 saturated heterocycles. The van der Waals surface area contributed by atoms with Gasteiger partial charge in [-0.05, 0) is 38.7 Å². The predicted octanol–water partition coefficient (Wildman–Crippen LogP) is 2.62. The van der Waals surface area contributed by atoms with E-state index in [1.807, 2.05) is 38.1 Å². The summed E-state index contributed by atoms with van der Waals surface area (Å²) < 4.78 is 25.6. The third kappa shape index (κ3) is 4.57. The third-order valence-corrected chi connectivity index (χ3v) is 6.57. The summed E-state index contributed by atoms with van der Waals surface area (Å²) in [4.78, 5) is 12.6. The number of hydrogen-bond acceptors (Lipinski definition) is 3. The van der Waals surface area contributed by atoms with E-state index in [0.717, 1.165) is 24.8 Å². The summed E-state index contributed by atoms with van der Waals surface area (Å²) in [5, 5.41) is 3.10. The van der Waals surface area contributed by atoms with Crippen molar-refractivity contribution in [3.8, 4) is 0 Å². The van der Waals surface area contributed by atoms with Crippen molar-refractivity contribution in [3.05, 3.63) is 35.4 Å². The maximum atomic E-state index is 12.6. The molecule has 0 aliphatic carbocycles. The molecule has 1 heterocycles. The summed E-state index contributed by atoms with van der Waals surface area (Å²) in [7, 11) is -3.23. The molecule has 2 atom stereocenters. The van der Waals surface area contributed by atoms with Crippen LogP contribution in [0.15, 0.2) is 24.3 Å². The topological polar surface area (TPSA) is 66.5 Å². The van der Waals surface area contributed by atoms with E-state index < -0.39 is 10.0 Å². The average Bonchev–Trinajstić information content (AvgIpc) is 2.60. The van der Waals surface area contributed by atoms with Crippen LogP contribution in [0.3, 0.4) is 0 Å². The Morgan fingerprint density at radius 1 is 1.29 bits per heavy atom. The fraction of sp³-hybridized carbons (Fsp3) is 0.611. The van der Waals surface area contributed by atoms with Gasteiger partial charge in [0.25, 0.3) is 0 Å². The lowest BCUT2D eigenvalue weighted by Gasteiger charge is -2.32. The Morgan fingerprint density at radius 3 is 2.54 bits per heavy atom. The number of carbonyl (C=O) groups is 1. The molecular formula is C18H28N2O3S. The highest BCUT2D eigenvalue weighted by Gasteiger charge is 2.32. The molecule has 1 aromatic rings. The smallest absolute Gasteiger partial charge is 0.224 e. The van der Waals surface area contributed by atoms with Crippen LogP contribution in [0.2, 0.25) is 0 Å². The van der Waals surface area contributed by atoms with Gasteiger partial charge >= 0.3 is 0 Å². The third-order valence-electron chi connectivity index (χ3n) is 4.72. The lowest BCUT2D eigenvalue weighted by atomic mass is 9.97. The van der Waals surface area contributed by atoms with E-state index in [-0.39, 0.29) is 23.6 Å². The molecule has 134 valence electrons. The molecule has 0 spiro atoms. The van der Waals surface area contributed by atoms with Crippen molar-refractivity contribution in [2.75, 3.05) is 18.8 Å². The zero-order valence-corrected chi connectivity index (χ0v) is 15.6. The minimum atomic E-state index is -3.23. The number of benzene rings is 1. The Hall–Kier alpha value is -1.40. The number of carbonyl (C=O) groups excluding carboxylic acids is 1. The van der Waals surface area contributed by atoms with Crippen molar-refractivity contribution >= 4 is 15.9 Å². The number of rotatable bonds is 6. The minimum Gasteiger partial charge on any atom is -0.349 e. The van der Waals surface area contributed by atoms with Gasteiger partial charge in [-0.15, -0.1) is 0 Å². The first kappa shape index (κ1) is 18.9. The van der Waals surface area contributed by atoms with Gasteiger partial charge < -0.3 is 5.32 Å². The van der Waals surface area contributed by atoms with Crippen molar-refractivity contribution < 1.29 is 13.2 Å². The van der Waals surface area contributed by atoms with E-state index >= 15 is 0 Å². The zero-order chi connectivity index (χ0) is 17.7. The molecule has 1 aliphatic heterocycles. The number of nitrogens with zero attached hydrogens (tertiary/aromatic N) is 1. The van der Waals surface area contributed by atoms with Crippen LogP contribution in [-0.4, -0.2) is 37.5 Å². The van der Waals surface area contributed by atoms with Crippen molar-refractivity contribution in [2.24, 2.45) is 5.92 Å². The summed E-state index contributed by atoms with van der Waals surface area (Å²) in [6.07, 6.45) is 2.28. The fourth-order valence-corrected chi connectivity index (χ4v) is 4.28. The second-order valence-corrected chi connectivity index (χ2v) is 8.74. The van der Waals surface area contributed by atoms with E-state index in [4.69, 9.17) is 0 Å². The highest BCUT2D eigenvalue weighted by molar-refractivity contribution is 7.89. The molecule has 0 aromatic heterocycles. The molecular weight excluding hydrogens is 324 g/mol. The van der Waals surface area contributed by atoms with Gasteiger partial charge in [0, 0.05) is 13.1 Å². The number of amides is 1. The minimum absolute atomic E-state index is 0.0312. The van der Waals surface area contributed by atoms with E-state index in [2.05, 4.69) is 5.32 Å². The number of hydrogen-bond donors (Lipinski definition) is 1. The van der Waals surface area contributed by atoms with Crippen LogP contribution >= 0.6 is 0 Å². The summed E-state index contributed by atoms with van der Waals surface area (Å²) in [6, 6.07) is 8.13. The highest BCUT2D eigenvalue weighted by Crippen LogP contribution is 2.22. The van der Waals surface area contributed by atoms with Gasteiger partial charge in [-0.3, -0.25) is 4.79 Å². The number of nitrogens with one attached hydrogen (secondary N) is 1. The summed E-state index contributed by atoms with van der Waals surface area (Å²) >= 11 is 0. The van der Waals surface area contributed by atoms with Crippen LogP contribution < -0.4 is 5.32 Å². The van der Waals surface area contributed by atoms with Gasteiger partial charge in [-0.2, -0.15) is 0 Å². The first-order chi connectivity index (χ1) is 11.4. The Balaban J connectivity index is 2.03.